The molecule has 0 bridgehead atoms. The van der Waals surface area contributed by atoms with Crippen molar-refractivity contribution >= 4 is 0 Å². The topological polar surface area (TPSA) is 0 Å². The van der Waals surface area contributed by atoms with Crippen molar-refractivity contribution in [2.45, 2.75) is 193 Å². The van der Waals surface area contributed by atoms with E-state index in [0.29, 0.717) is 0 Å². The molecule has 6 aliphatic rings. The Morgan fingerprint density at radius 2 is 0.372 bits per heavy atom. The molecule has 0 atom stereocenters. The van der Waals surface area contributed by atoms with Crippen LogP contribution in [0.2, 0.25) is 0 Å². The number of hydrogen-bond donors (Lipinski definition) is 0. The van der Waals surface area contributed by atoms with Crippen molar-refractivity contribution in [1.29, 1.82) is 0 Å². The standard InChI is InChI=1S/3C14H22.Ni/c3*1-2-6-10-13(9-5-1)14-11-7-3-4-8-12-14;/h3*9,11H,1-8,10,12H2;. The fourth-order valence-electron chi connectivity index (χ4n) is 7.84. The van der Waals surface area contributed by atoms with Crippen LogP contribution < -0.4 is 0 Å². The van der Waals surface area contributed by atoms with E-state index in [1.54, 1.807) is 33.4 Å². The second-order valence-electron chi connectivity index (χ2n) is 14.0. The van der Waals surface area contributed by atoms with Gasteiger partial charge in [-0.05, 0) is 188 Å². The summed E-state index contributed by atoms with van der Waals surface area (Å²) >= 11 is 0. The molecule has 0 aromatic rings. The summed E-state index contributed by atoms with van der Waals surface area (Å²) in [5.41, 5.74) is 10.2. The maximum absolute atomic E-state index is 2.52. The molecule has 6 aliphatic carbocycles. The van der Waals surface area contributed by atoms with E-state index >= 15 is 0 Å². The number of rotatable bonds is 3. The molecule has 0 fully saturated rings. The molecule has 0 N–H and O–H groups in total. The van der Waals surface area contributed by atoms with E-state index in [1.807, 2.05) is 0 Å². The first-order chi connectivity index (χ1) is 20.9. The van der Waals surface area contributed by atoms with Crippen molar-refractivity contribution in [1.82, 2.24) is 0 Å². The van der Waals surface area contributed by atoms with Gasteiger partial charge in [-0.1, -0.05) is 75.0 Å². The molecular weight excluding hydrogens is 563 g/mol. The van der Waals surface area contributed by atoms with Gasteiger partial charge in [0.25, 0.3) is 0 Å². The molecule has 0 saturated heterocycles. The zero-order chi connectivity index (χ0) is 28.9. The predicted octanol–water partition coefficient (Wildman–Crippen LogP) is 14.3. The van der Waals surface area contributed by atoms with E-state index in [1.165, 1.54) is 193 Å². The molecule has 0 aromatic heterocycles. The summed E-state index contributed by atoms with van der Waals surface area (Å²) in [6.07, 6.45) is 56.8. The Hall–Kier alpha value is -1.07. The Bertz CT molecular complexity index is 750. The van der Waals surface area contributed by atoms with E-state index < -0.39 is 0 Å². The van der Waals surface area contributed by atoms with Gasteiger partial charge in [0, 0.05) is 16.5 Å². The molecule has 0 spiro atoms. The van der Waals surface area contributed by atoms with E-state index in [9.17, 15) is 0 Å². The Balaban J connectivity index is 0.000000175. The molecular formula is C42H66Ni. The van der Waals surface area contributed by atoms with Crippen LogP contribution in [-0.2, 0) is 16.5 Å². The minimum Gasteiger partial charge on any atom is -0.0811 e. The molecule has 0 unspecified atom stereocenters. The van der Waals surface area contributed by atoms with Gasteiger partial charge in [0.15, 0.2) is 0 Å². The summed E-state index contributed by atoms with van der Waals surface area (Å²) in [7, 11) is 0. The molecule has 0 radical (unpaired) electrons. The zero-order valence-electron chi connectivity index (χ0n) is 28.0. The van der Waals surface area contributed by atoms with E-state index in [2.05, 4.69) is 36.5 Å². The van der Waals surface area contributed by atoms with Crippen LogP contribution in [0.4, 0.5) is 0 Å². The van der Waals surface area contributed by atoms with Crippen molar-refractivity contribution in [3.8, 4) is 0 Å². The first kappa shape index (κ1) is 36.4. The van der Waals surface area contributed by atoms with Gasteiger partial charge in [-0.2, -0.15) is 0 Å². The van der Waals surface area contributed by atoms with E-state index in [0.717, 1.165) is 0 Å². The van der Waals surface area contributed by atoms with Gasteiger partial charge >= 0.3 is 0 Å². The van der Waals surface area contributed by atoms with Gasteiger partial charge in [-0.15, -0.1) is 0 Å². The quantitative estimate of drug-likeness (QED) is 0.273. The molecule has 0 nitrogen and oxygen atoms in total. The third kappa shape index (κ3) is 14.7. The monoisotopic (exact) mass is 628 g/mol. The number of allylic oxidation sites excluding steroid dienone is 12. The molecule has 43 heavy (non-hydrogen) atoms. The fraction of sp³-hybridized carbons (Fsp3) is 0.714. The summed E-state index contributed by atoms with van der Waals surface area (Å²) in [5, 5.41) is 0. The summed E-state index contributed by atoms with van der Waals surface area (Å²) in [4.78, 5) is 0. The zero-order valence-corrected chi connectivity index (χ0v) is 29.0. The van der Waals surface area contributed by atoms with Gasteiger partial charge in [0.1, 0.15) is 0 Å². The summed E-state index contributed by atoms with van der Waals surface area (Å²) in [6.45, 7) is 0. The third-order valence-corrected chi connectivity index (χ3v) is 10.5. The summed E-state index contributed by atoms with van der Waals surface area (Å²) < 4.78 is 0. The Kier molecular flexibility index (Phi) is 19.7. The smallest absolute Gasteiger partial charge is 0 e. The van der Waals surface area contributed by atoms with Crippen LogP contribution in [0.15, 0.2) is 69.9 Å². The first-order valence-electron chi connectivity index (χ1n) is 19.1. The summed E-state index contributed by atoms with van der Waals surface area (Å²) in [6, 6.07) is 0. The minimum absolute atomic E-state index is 0. The van der Waals surface area contributed by atoms with Crippen LogP contribution in [0.25, 0.3) is 0 Å². The molecule has 6 rings (SSSR count). The SMILES string of the molecule is C1=C(C2=CCCCCC2)CCCCC1.C1=C(C2=CCCCCC2)CCCCC1.C1=C(C2=CCCCCC2)CCCCC1.[Ni]. The van der Waals surface area contributed by atoms with Crippen molar-refractivity contribution in [2.75, 3.05) is 0 Å². The maximum Gasteiger partial charge on any atom is 0 e. The van der Waals surface area contributed by atoms with Crippen LogP contribution >= 0.6 is 0 Å². The van der Waals surface area contributed by atoms with Crippen LogP contribution in [-0.4, -0.2) is 0 Å². The van der Waals surface area contributed by atoms with Crippen LogP contribution in [0.1, 0.15) is 193 Å². The average molecular weight is 630 g/mol. The van der Waals surface area contributed by atoms with Gasteiger partial charge in [0.2, 0.25) is 0 Å². The fourth-order valence-corrected chi connectivity index (χ4v) is 7.84. The normalized spacial score (nSPS) is 24.0. The van der Waals surface area contributed by atoms with Crippen LogP contribution in [0.3, 0.4) is 0 Å². The largest absolute Gasteiger partial charge is 0.0811 e. The summed E-state index contributed by atoms with van der Waals surface area (Å²) in [5.74, 6) is 0. The molecule has 0 amide bonds. The Labute approximate surface area is 278 Å². The van der Waals surface area contributed by atoms with E-state index in [-0.39, 0.29) is 16.5 Å². The Morgan fingerprint density at radius 1 is 0.209 bits per heavy atom. The van der Waals surface area contributed by atoms with Crippen LogP contribution in [0, 0.1) is 0 Å². The molecule has 244 valence electrons. The first-order valence-corrected chi connectivity index (χ1v) is 19.1. The molecule has 1 heteroatoms. The van der Waals surface area contributed by atoms with Crippen molar-refractivity contribution in [2.24, 2.45) is 0 Å². The van der Waals surface area contributed by atoms with Gasteiger partial charge in [-0.3, -0.25) is 0 Å². The molecule has 0 saturated carbocycles. The maximum atomic E-state index is 2.52. The van der Waals surface area contributed by atoms with Crippen molar-refractivity contribution in [3.63, 3.8) is 0 Å². The van der Waals surface area contributed by atoms with Crippen LogP contribution in [0.5, 0.6) is 0 Å². The molecule has 0 aliphatic heterocycles. The van der Waals surface area contributed by atoms with E-state index in [4.69, 9.17) is 0 Å². The van der Waals surface area contributed by atoms with Gasteiger partial charge < -0.3 is 0 Å². The third-order valence-electron chi connectivity index (χ3n) is 10.5. The van der Waals surface area contributed by atoms with Crippen molar-refractivity contribution in [3.05, 3.63) is 69.9 Å². The van der Waals surface area contributed by atoms with Gasteiger partial charge in [-0.25, -0.2) is 0 Å². The average Bonchev–Trinajstić information content (AvgIpc) is 3.73. The molecule has 0 aromatic carbocycles. The van der Waals surface area contributed by atoms with Crippen molar-refractivity contribution < 1.29 is 16.5 Å². The predicted molar refractivity (Wildman–Crippen MR) is 187 cm³/mol. The second kappa shape index (κ2) is 23.3. The van der Waals surface area contributed by atoms with Gasteiger partial charge in [0.05, 0.1) is 0 Å². The number of hydrogen-bond acceptors (Lipinski definition) is 0. The second-order valence-corrected chi connectivity index (χ2v) is 14.0. The Morgan fingerprint density at radius 3 is 0.535 bits per heavy atom. The minimum atomic E-state index is 0. The molecule has 0 heterocycles.